The molecule has 0 bridgehead atoms. The van der Waals surface area contributed by atoms with E-state index in [4.69, 9.17) is 0 Å². The van der Waals surface area contributed by atoms with E-state index in [0.29, 0.717) is 6.42 Å². The van der Waals surface area contributed by atoms with E-state index in [-0.39, 0.29) is 5.91 Å². The van der Waals surface area contributed by atoms with Crippen LogP contribution in [0.25, 0.3) is 0 Å². The second kappa shape index (κ2) is 2.76. The highest BCUT2D eigenvalue weighted by atomic mass is 16.1. The predicted octanol–water partition coefficient (Wildman–Crippen LogP) is 1.25. The molecule has 0 saturated heterocycles. The van der Waals surface area contributed by atoms with E-state index in [1.54, 1.807) is 0 Å². The molecule has 0 aromatic heterocycles. The van der Waals surface area contributed by atoms with Gasteiger partial charge < -0.3 is 10.2 Å². The van der Waals surface area contributed by atoms with Crippen LogP contribution in [0.5, 0.6) is 0 Å². The van der Waals surface area contributed by atoms with E-state index in [1.165, 1.54) is 0 Å². The highest BCUT2D eigenvalue weighted by Gasteiger charge is 2.17. The summed E-state index contributed by atoms with van der Waals surface area (Å²) in [5, 5.41) is 2.83. The number of rotatable bonds is 1. The molecule has 0 atom stereocenters. The molecule has 0 aliphatic carbocycles. The summed E-state index contributed by atoms with van der Waals surface area (Å²) in [6.07, 6.45) is 0.517. The third kappa shape index (κ3) is 1.37. The second-order valence-electron chi connectivity index (χ2n) is 3.46. The van der Waals surface area contributed by atoms with E-state index in [2.05, 4.69) is 5.32 Å². The van der Waals surface area contributed by atoms with Gasteiger partial charge in [0, 0.05) is 25.5 Å². The van der Waals surface area contributed by atoms with Gasteiger partial charge >= 0.3 is 0 Å². The Labute approximate surface area is 77.4 Å². The zero-order valence-corrected chi connectivity index (χ0v) is 7.79. The maximum atomic E-state index is 11.1. The van der Waals surface area contributed by atoms with Gasteiger partial charge in [-0.3, -0.25) is 4.79 Å². The van der Waals surface area contributed by atoms with Crippen LogP contribution in [0.4, 0.5) is 11.4 Å². The number of carbonyl (C=O) groups is 1. The van der Waals surface area contributed by atoms with E-state index in [1.807, 2.05) is 37.2 Å². The molecule has 0 spiro atoms. The molecule has 3 nitrogen and oxygen atoms in total. The van der Waals surface area contributed by atoms with E-state index in [0.717, 1.165) is 16.9 Å². The summed E-state index contributed by atoms with van der Waals surface area (Å²) in [5.41, 5.74) is 3.16. The van der Waals surface area contributed by atoms with Crippen molar-refractivity contribution < 1.29 is 4.79 Å². The van der Waals surface area contributed by atoms with Crippen LogP contribution < -0.4 is 10.2 Å². The van der Waals surface area contributed by atoms with Crippen LogP contribution in [0.1, 0.15) is 5.56 Å². The highest BCUT2D eigenvalue weighted by molar-refractivity contribution is 5.99. The number of fused-ring (bicyclic) bond motifs is 1. The summed E-state index contributed by atoms with van der Waals surface area (Å²) < 4.78 is 0. The van der Waals surface area contributed by atoms with E-state index >= 15 is 0 Å². The molecule has 1 amide bonds. The molecular formula is C10H12N2O. The molecule has 1 aliphatic rings. The largest absolute Gasteiger partial charge is 0.378 e. The summed E-state index contributed by atoms with van der Waals surface area (Å²) >= 11 is 0. The number of hydrogen-bond acceptors (Lipinski definition) is 2. The average molecular weight is 176 g/mol. The molecule has 0 fully saturated rings. The molecule has 3 heteroatoms. The smallest absolute Gasteiger partial charge is 0.228 e. The molecule has 0 radical (unpaired) electrons. The van der Waals surface area contributed by atoms with E-state index in [9.17, 15) is 4.79 Å². The van der Waals surface area contributed by atoms with Crippen LogP contribution in [-0.2, 0) is 11.2 Å². The first kappa shape index (κ1) is 8.10. The lowest BCUT2D eigenvalue weighted by Gasteiger charge is -2.13. The topological polar surface area (TPSA) is 32.3 Å². The van der Waals surface area contributed by atoms with Crippen molar-refractivity contribution in [2.45, 2.75) is 6.42 Å². The van der Waals surface area contributed by atoms with Crippen LogP contribution in [0.3, 0.4) is 0 Å². The van der Waals surface area contributed by atoms with Gasteiger partial charge in [-0.15, -0.1) is 0 Å². The molecule has 1 N–H and O–H groups in total. The number of nitrogens with zero attached hydrogens (tertiary/aromatic N) is 1. The highest BCUT2D eigenvalue weighted by Crippen LogP contribution is 2.27. The lowest BCUT2D eigenvalue weighted by Crippen LogP contribution is -2.08. The monoisotopic (exact) mass is 176 g/mol. The van der Waals surface area contributed by atoms with Crippen molar-refractivity contribution >= 4 is 17.3 Å². The Morgan fingerprint density at radius 1 is 1.38 bits per heavy atom. The first-order valence-corrected chi connectivity index (χ1v) is 4.27. The number of anilines is 2. The van der Waals surface area contributed by atoms with Crippen molar-refractivity contribution in [2.24, 2.45) is 0 Å². The van der Waals surface area contributed by atoms with Crippen molar-refractivity contribution in [1.29, 1.82) is 0 Å². The lowest BCUT2D eigenvalue weighted by atomic mass is 10.1. The summed E-state index contributed by atoms with van der Waals surface area (Å²) in [6, 6.07) is 6.03. The van der Waals surface area contributed by atoms with Gasteiger partial charge in [0.2, 0.25) is 5.91 Å². The van der Waals surface area contributed by atoms with Gasteiger partial charge in [-0.1, -0.05) is 6.07 Å². The Morgan fingerprint density at radius 3 is 2.85 bits per heavy atom. The number of nitrogens with one attached hydrogen (secondary N) is 1. The molecule has 1 aromatic carbocycles. The Balaban J connectivity index is 2.40. The summed E-state index contributed by atoms with van der Waals surface area (Å²) in [7, 11) is 3.97. The normalized spacial score (nSPS) is 13.8. The van der Waals surface area contributed by atoms with Gasteiger partial charge in [0.1, 0.15) is 0 Å². The first-order chi connectivity index (χ1) is 6.16. The van der Waals surface area contributed by atoms with E-state index < -0.39 is 0 Å². The quantitative estimate of drug-likeness (QED) is 0.698. The zero-order valence-electron chi connectivity index (χ0n) is 7.79. The Hall–Kier alpha value is -1.51. The molecule has 1 aromatic rings. The molecule has 0 saturated carbocycles. The Bertz CT molecular complexity index is 358. The van der Waals surface area contributed by atoms with Crippen LogP contribution >= 0.6 is 0 Å². The van der Waals surface area contributed by atoms with Crippen molar-refractivity contribution in [3.05, 3.63) is 23.8 Å². The maximum absolute atomic E-state index is 11.1. The van der Waals surface area contributed by atoms with Crippen molar-refractivity contribution in [3.8, 4) is 0 Å². The molecular weight excluding hydrogens is 164 g/mol. The summed E-state index contributed by atoms with van der Waals surface area (Å²) in [4.78, 5) is 13.1. The van der Waals surface area contributed by atoms with Gasteiger partial charge in [-0.25, -0.2) is 0 Å². The maximum Gasteiger partial charge on any atom is 0.228 e. The van der Waals surface area contributed by atoms with Crippen molar-refractivity contribution in [2.75, 3.05) is 24.3 Å². The van der Waals surface area contributed by atoms with Crippen molar-refractivity contribution in [1.82, 2.24) is 0 Å². The van der Waals surface area contributed by atoms with Gasteiger partial charge in [-0.05, 0) is 17.7 Å². The van der Waals surface area contributed by atoms with Crippen LogP contribution in [0.2, 0.25) is 0 Å². The second-order valence-corrected chi connectivity index (χ2v) is 3.46. The Kier molecular flexibility index (Phi) is 1.72. The summed E-state index contributed by atoms with van der Waals surface area (Å²) in [6.45, 7) is 0. The fraction of sp³-hybridized carbons (Fsp3) is 0.300. The van der Waals surface area contributed by atoms with Gasteiger partial charge in [0.15, 0.2) is 0 Å². The molecule has 2 rings (SSSR count). The third-order valence-electron chi connectivity index (χ3n) is 2.23. The minimum absolute atomic E-state index is 0.0888. The zero-order chi connectivity index (χ0) is 9.42. The fourth-order valence-electron chi connectivity index (χ4n) is 1.48. The SMILES string of the molecule is CN(C)c1ccc2c(c1)NC(=O)C2. The predicted molar refractivity (Wildman–Crippen MR) is 53.1 cm³/mol. The van der Waals surface area contributed by atoms with Crippen molar-refractivity contribution in [3.63, 3.8) is 0 Å². The average Bonchev–Trinajstić information content (AvgIpc) is 2.42. The van der Waals surface area contributed by atoms with Crippen LogP contribution in [-0.4, -0.2) is 20.0 Å². The van der Waals surface area contributed by atoms with Gasteiger partial charge in [-0.2, -0.15) is 0 Å². The standard InChI is InChI=1S/C10H12N2O/c1-12(2)8-4-3-7-5-10(13)11-9(7)6-8/h3-4,6H,5H2,1-2H3,(H,11,13). The Morgan fingerprint density at radius 2 is 2.15 bits per heavy atom. The number of benzene rings is 1. The minimum atomic E-state index is 0.0888. The molecule has 13 heavy (non-hydrogen) atoms. The molecule has 68 valence electrons. The molecule has 0 unspecified atom stereocenters. The lowest BCUT2D eigenvalue weighted by molar-refractivity contribution is -0.115. The minimum Gasteiger partial charge on any atom is -0.378 e. The van der Waals surface area contributed by atoms with Crippen LogP contribution in [0.15, 0.2) is 18.2 Å². The summed E-state index contributed by atoms with van der Waals surface area (Å²) in [5.74, 6) is 0.0888. The fourth-order valence-corrected chi connectivity index (χ4v) is 1.48. The number of amides is 1. The van der Waals surface area contributed by atoms with Crippen LogP contribution in [0, 0.1) is 0 Å². The van der Waals surface area contributed by atoms with Gasteiger partial charge in [0.05, 0.1) is 6.42 Å². The number of carbonyl (C=O) groups excluding carboxylic acids is 1. The molecule has 1 aliphatic heterocycles. The first-order valence-electron chi connectivity index (χ1n) is 4.27. The third-order valence-corrected chi connectivity index (χ3v) is 2.23. The number of hydrogen-bond donors (Lipinski definition) is 1. The molecule has 1 heterocycles. The van der Waals surface area contributed by atoms with Gasteiger partial charge in [0.25, 0.3) is 0 Å².